The Morgan fingerprint density at radius 2 is 2.22 bits per heavy atom. The monoisotopic (exact) mass is 244 g/mol. The highest BCUT2D eigenvalue weighted by Crippen LogP contribution is 2.13. The van der Waals surface area contributed by atoms with Gasteiger partial charge < -0.3 is 15.5 Å². The van der Waals surface area contributed by atoms with Crippen molar-refractivity contribution in [2.24, 2.45) is 5.73 Å². The van der Waals surface area contributed by atoms with Crippen LogP contribution in [0.1, 0.15) is 34.6 Å². The van der Waals surface area contributed by atoms with Gasteiger partial charge in [-0.1, -0.05) is 12.1 Å². The van der Waals surface area contributed by atoms with E-state index in [0.717, 1.165) is 11.3 Å². The van der Waals surface area contributed by atoms with Crippen molar-refractivity contribution in [1.29, 1.82) is 0 Å². The second kappa shape index (κ2) is 5.51. The molecule has 4 nitrogen and oxygen atoms in total. The molecule has 2 rings (SSSR count). The van der Waals surface area contributed by atoms with Gasteiger partial charge in [0.05, 0.1) is 12.3 Å². The van der Waals surface area contributed by atoms with Gasteiger partial charge >= 0.3 is 0 Å². The highest BCUT2D eigenvalue weighted by molar-refractivity contribution is 5.94. The van der Waals surface area contributed by atoms with E-state index < -0.39 is 0 Å². The number of nitrogens with one attached hydrogen (secondary N) is 1. The first-order valence-electron chi connectivity index (χ1n) is 5.84. The minimum absolute atomic E-state index is 0.130. The van der Waals surface area contributed by atoms with E-state index in [1.54, 1.807) is 24.5 Å². The van der Waals surface area contributed by atoms with Crippen LogP contribution in [-0.4, -0.2) is 5.91 Å². The Hall–Kier alpha value is -2.07. The zero-order chi connectivity index (χ0) is 13.0. The average molecular weight is 244 g/mol. The van der Waals surface area contributed by atoms with Crippen LogP contribution in [0.2, 0.25) is 0 Å². The summed E-state index contributed by atoms with van der Waals surface area (Å²) in [6, 6.07) is 10.8. The van der Waals surface area contributed by atoms with Gasteiger partial charge in [0.1, 0.15) is 5.76 Å². The summed E-state index contributed by atoms with van der Waals surface area (Å²) >= 11 is 0. The number of benzene rings is 1. The van der Waals surface area contributed by atoms with Crippen molar-refractivity contribution in [3.05, 3.63) is 59.5 Å². The first-order chi connectivity index (χ1) is 8.70. The van der Waals surface area contributed by atoms with Crippen LogP contribution in [0.4, 0.5) is 0 Å². The SMILES string of the molecule is CC(NC(=O)c1cccc(CN)c1)c1ccco1. The molecule has 0 bridgehead atoms. The molecule has 3 N–H and O–H groups in total. The summed E-state index contributed by atoms with van der Waals surface area (Å²) in [5, 5.41) is 2.88. The normalized spacial score (nSPS) is 12.1. The van der Waals surface area contributed by atoms with Crippen LogP contribution < -0.4 is 11.1 Å². The molecule has 4 heteroatoms. The largest absolute Gasteiger partial charge is 0.467 e. The van der Waals surface area contributed by atoms with Gasteiger partial charge in [-0.05, 0) is 36.8 Å². The molecule has 1 unspecified atom stereocenters. The molecule has 2 aromatic rings. The van der Waals surface area contributed by atoms with Crippen LogP contribution >= 0.6 is 0 Å². The summed E-state index contributed by atoms with van der Waals surface area (Å²) in [7, 11) is 0. The lowest BCUT2D eigenvalue weighted by molar-refractivity contribution is 0.0935. The molecule has 1 heterocycles. The maximum absolute atomic E-state index is 12.0. The van der Waals surface area contributed by atoms with E-state index in [1.165, 1.54) is 0 Å². The third-order valence-electron chi connectivity index (χ3n) is 2.74. The second-order valence-corrected chi connectivity index (χ2v) is 4.12. The molecular weight excluding hydrogens is 228 g/mol. The minimum Gasteiger partial charge on any atom is -0.467 e. The predicted molar refractivity (Wildman–Crippen MR) is 68.9 cm³/mol. The molecule has 1 amide bonds. The predicted octanol–water partition coefficient (Wildman–Crippen LogP) is 2.23. The Balaban J connectivity index is 2.07. The summed E-state index contributed by atoms with van der Waals surface area (Å²) in [4.78, 5) is 12.0. The molecule has 0 spiro atoms. The molecule has 1 aromatic carbocycles. The Morgan fingerprint density at radius 1 is 1.39 bits per heavy atom. The highest BCUT2D eigenvalue weighted by atomic mass is 16.3. The van der Waals surface area contributed by atoms with Crippen LogP contribution in [0.25, 0.3) is 0 Å². The van der Waals surface area contributed by atoms with Crippen molar-refractivity contribution < 1.29 is 9.21 Å². The standard InChI is InChI=1S/C14H16N2O2/c1-10(13-6-3-7-18-13)16-14(17)12-5-2-4-11(8-12)9-15/h2-8,10H,9,15H2,1H3,(H,16,17). The first kappa shape index (κ1) is 12.4. The molecule has 0 aliphatic heterocycles. The van der Waals surface area contributed by atoms with Gasteiger partial charge in [0.15, 0.2) is 0 Å². The van der Waals surface area contributed by atoms with Crippen LogP contribution in [0, 0.1) is 0 Å². The van der Waals surface area contributed by atoms with Crippen molar-refractivity contribution >= 4 is 5.91 Å². The third-order valence-corrected chi connectivity index (χ3v) is 2.74. The average Bonchev–Trinajstić information content (AvgIpc) is 2.92. The fourth-order valence-electron chi connectivity index (χ4n) is 1.73. The Morgan fingerprint density at radius 3 is 2.89 bits per heavy atom. The topological polar surface area (TPSA) is 68.3 Å². The van der Waals surface area contributed by atoms with Crippen molar-refractivity contribution in [3.8, 4) is 0 Å². The van der Waals surface area contributed by atoms with Gasteiger partial charge in [-0.15, -0.1) is 0 Å². The van der Waals surface area contributed by atoms with E-state index >= 15 is 0 Å². The molecule has 0 fully saturated rings. The lowest BCUT2D eigenvalue weighted by Gasteiger charge is -2.11. The van der Waals surface area contributed by atoms with E-state index in [0.29, 0.717) is 12.1 Å². The van der Waals surface area contributed by atoms with Gasteiger partial charge in [-0.3, -0.25) is 4.79 Å². The Kier molecular flexibility index (Phi) is 3.79. The molecule has 0 aliphatic rings. The number of rotatable bonds is 4. The van der Waals surface area contributed by atoms with E-state index in [2.05, 4.69) is 5.32 Å². The minimum atomic E-state index is -0.158. The van der Waals surface area contributed by atoms with Gasteiger partial charge in [0, 0.05) is 12.1 Å². The van der Waals surface area contributed by atoms with Crippen LogP contribution in [-0.2, 0) is 6.54 Å². The maximum Gasteiger partial charge on any atom is 0.251 e. The van der Waals surface area contributed by atoms with E-state index in [-0.39, 0.29) is 11.9 Å². The van der Waals surface area contributed by atoms with Gasteiger partial charge in [-0.2, -0.15) is 0 Å². The zero-order valence-electron chi connectivity index (χ0n) is 10.2. The number of hydrogen-bond donors (Lipinski definition) is 2. The summed E-state index contributed by atoms with van der Waals surface area (Å²) < 4.78 is 5.24. The first-order valence-corrected chi connectivity index (χ1v) is 5.84. The van der Waals surface area contributed by atoms with Crippen molar-refractivity contribution in [2.75, 3.05) is 0 Å². The third kappa shape index (κ3) is 2.78. The molecule has 0 radical (unpaired) electrons. The fourth-order valence-corrected chi connectivity index (χ4v) is 1.73. The maximum atomic E-state index is 12.0. The van der Waals surface area contributed by atoms with Crippen LogP contribution in [0.5, 0.6) is 0 Å². The molecular formula is C14H16N2O2. The summed E-state index contributed by atoms with van der Waals surface area (Å²) in [5.41, 5.74) is 7.10. The van der Waals surface area contributed by atoms with E-state index in [1.807, 2.05) is 25.1 Å². The number of nitrogens with two attached hydrogens (primary N) is 1. The number of furan rings is 1. The summed E-state index contributed by atoms with van der Waals surface area (Å²) in [5.74, 6) is 0.604. The number of hydrogen-bond acceptors (Lipinski definition) is 3. The number of carbonyl (C=O) groups excluding carboxylic acids is 1. The highest BCUT2D eigenvalue weighted by Gasteiger charge is 2.13. The van der Waals surface area contributed by atoms with Crippen molar-refractivity contribution in [2.45, 2.75) is 19.5 Å². The molecule has 0 saturated carbocycles. The Labute approximate surface area is 106 Å². The molecule has 0 aliphatic carbocycles. The Bertz CT molecular complexity index is 520. The molecule has 1 atom stereocenters. The fraction of sp³-hybridized carbons (Fsp3) is 0.214. The second-order valence-electron chi connectivity index (χ2n) is 4.12. The molecule has 94 valence electrons. The lowest BCUT2D eigenvalue weighted by atomic mass is 10.1. The molecule has 0 saturated heterocycles. The van der Waals surface area contributed by atoms with Crippen LogP contribution in [0.3, 0.4) is 0 Å². The molecule has 18 heavy (non-hydrogen) atoms. The lowest BCUT2D eigenvalue weighted by Crippen LogP contribution is -2.26. The van der Waals surface area contributed by atoms with Crippen LogP contribution in [0.15, 0.2) is 47.1 Å². The summed E-state index contributed by atoms with van der Waals surface area (Å²) in [6.07, 6.45) is 1.59. The van der Waals surface area contributed by atoms with Gasteiger partial charge in [0.25, 0.3) is 5.91 Å². The smallest absolute Gasteiger partial charge is 0.251 e. The number of amides is 1. The van der Waals surface area contributed by atoms with Gasteiger partial charge in [-0.25, -0.2) is 0 Å². The van der Waals surface area contributed by atoms with Gasteiger partial charge in [0.2, 0.25) is 0 Å². The molecule has 1 aromatic heterocycles. The van der Waals surface area contributed by atoms with Crippen molar-refractivity contribution in [1.82, 2.24) is 5.32 Å². The van der Waals surface area contributed by atoms with E-state index in [4.69, 9.17) is 10.2 Å². The quantitative estimate of drug-likeness (QED) is 0.866. The zero-order valence-corrected chi connectivity index (χ0v) is 10.2. The summed E-state index contributed by atoms with van der Waals surface area (Å²) in [6.45, 7) is 2.30. The number of carbonyl (C=O) groups is 1. The van der Waals surface area contributed by atoms with Crippen molar-refractivity contribution in [3.63, 3.8) is 0 Å². The van der Waals surface area contributed by atoms with E-state index in [9.17, 15) is 4.79 Å².